The second kappa shape index (κ2) is 5.02. The minimum Gasteiger partial charge on any atom is -0.381 e. The first-order valence-electron chi connectivity index (χ1n) is 8.49. The predicted molar refractivity (Wildman–Crippen MR) is 97.4 cm³/mol. The summed E-state index contributed by atoms with van der Waals surface area (Å²) in [5, 5.41) is 6.39. The van der Waals surface area contributed by atoms with Crippen LogP contribution >= 0.6 is 0 Å². The van der Waals surface area contributed by atoms with E-state index in [-0.39, 0.29) is 0 Å². The number of rotatable bonds is 1. The third-order valence-electron chi connectivity index (χ3n) is 5.48. The number of fused-ring (bicyclic) bond motifs is 5. The van der Waals surface area contributed by atoms with Crippen molar-refractivity contribution in [2.24, 2.45) is 0 Å². The fourth-order valence-corrected chi connectivity index (χ4v) is 4.39. The highest BCUT2D eigenvalue weighted by Crippen LogP contribution is 2.44. The van der Waals surface area contributed by atoms with Crippen LogP contribution in [0.4, 0.5) is 11.4 Å². The summed E-state index contributed by atoms with van der Waals surface area (Å²) in [5.74, 6) is 0.628. The van der Waals surface area contributed by atoms with Gasteiger partial charge in [-0.2, -0.15) is 0 Å². The van der Waals surface area contributed by atoms with Gasteiger partial charge in [0, 0.05) is 24.4 Å². The molecule has 2 aliphatic rings. The maximum Gasteiger partial charge on any atom is 0.0658 e. The minimum atomic E-state index is 0.561. The Morgan fingerprint density at radius 1 is 0.870 bits per heavy atom. The van der Waals surface area contributed by atoms with Gasteiger partial charge in [0.15, 0.2) is 0 Å². The van der Waals surface area contributed by atoms with Crippen molar-refractivity contribution in [2.75, 3.05) is 23.3 Å². The lowest BCUT2D eigenvalue weighted by Gasteiger charge is -2.37. The summed E-state index contributed by atoms with van der Waals surface area (Å²) in [7, 11) is 0. The molecule has 114 valence electrons. The SMILES string of the molecule is c1ccc([C@@H]2CCN3c4ccc5ccccc5c4NC[C@H]23)cc1. The topological polar surface area (TPSA) is 15.3 Å². The van der Waals surface area contributed by atoms with E-state index in [1.54, 1.807) is 0 Å². The first kappa shape index (κ1) is 13.0. The van der Waals surface area contributed by atoms with E-state index < -0.39 is 0 Å². The van der Waals surface area contributed by atoms with Crippen molar-refractivity contribution in [2.45, 2.75) is 18.4 Å². The zero-order valence-corrected chi connectivity index (χ0v) is 13.1. The van der Waals surface area contributed by atoms with Gasteiger partial charge in [-0.15, -0.1) is 0 Å². The van der Waals surface area contributed by atoms with Crippen LogP contribution in [0.1, 0.15) is 17.9 Å². The van der Waals surface area contributed by atoms with Gasteiger partial charge in [0.1, 0.15) is 0 Å². The van der Waals surface area contributed by atoms with Gasteiger partial charge < -0.3 is 10.2 Å². The van der Waals surface area contributed by atoms with E-state index in [0.717, 1.165) is 13.1 Å². The number of benzene rings is 3. The van der Waals surface area contributed by atoms with Gasteiger partial charge in [-0.1, -0.05) is 60.7 Å². The summed E-state index contributed by atoms with van der Waals surface area (Å²) in [6, 6.07) is 24.8. The molecular formula is C21H20N2. The second-order valence-electron chi connectivity index (χ2n) is 6.63. The van der Waals surface area contributed by atoms with Crippen LogP contribution in [0.2, 0.25) is 0 Å². The monoisotopic (exact) mass is 300 g/mol. The normalized spacial score (nSPS) is 22.5. The van der Waals surface area contributed by atoms with E-state index >= 15 is 0 Å². The number of anilines is 2. The van der Waals surface area contributed by atoms with E-state index in [1.807, 2.05) is 0 Å². The molecule has 2 heteroatoms. The van der Waals surface area contributed by atoms with Gasteiger partial charge in [-0.05, 0) is 23.4 Å². The molecule has 0 aromatic heterocycles. The van der Waals surface area contributed by atoms with E-state index in [9.17, 15) is 0 Å². The second-order valence-corrected chi connectivity index (χ2v) is 6.63. The van der Waals surface area contributed by atoms with Crippen LogP contribution in [0.5, 0.6) is 0 Å². The summed E-state index contributed by atoms with van der Waals surface area (Å²) in [6.07, 6.45) is 1.24. The Balaban J connectivity index is 1.58. The summed E-state index contributed by atoms with van der Waals surface area (Å²) in [4.78, 5) is 2.62. The van der Waals surface area contributed by atoms with E-state index in [2.05, 4.69) is 76.9 Å². The average molecular weight is 300 g/mol. The van der Waals surface area contributed by atoms with Crippen molar-refractivity contribution in [3.63, 3.8) is 0 Å². The van der Waals surface area contributed by atoms with Gasteiger partial charge in [0.2, 0.25) is 0 Å². The Bertz CT molecular complexity index is 856. The summed E-state index contributed by atoms with van der Waals surface area (Å²) in [5.41, 5.74) is 4.16. The van der Waals surface area contributed by atoms with Crippen molar-refractivity contribution in [1.29, 1.82) is 0 Å². The highest BCUT2D eigenvalue weighted by Gasteiger charge is 2.38. The standard InChI is InChI=1S/C21H20N2/c1-2-6-15(7-3-1)17-12-13-23-19-11-10-16-8-4-5-9-18(16)21(19)22-14-20(17)23/h1-11,17,20,22H,12-14H2/t17-,20+/m0/s1. The molecule has 0 radical (unpaired) electrons. The lowest BCUT2D eigenvalue weighted by atomic mass is 9.90. The molecule has 3 aromatic rings. The highest BCUT2D eigenvalue weighted by atomic mass is 15.2. The minimum absolute atomic E-state index is 0.561. The fourth-order valence-electron chi connectivity index (χ4n) is 4.39. The first-order chi connectivity index (χ1) is 11.4. The molecule has 5 rings (SSSR count). The summed E-state index contributed by atoms with van der Waals surface area (Å²) < 4.78 is 0. The van der Waals surface area contributed by atoms with Crippen molar-refractivity contribution in [1.82, 2.24) is 0 Å². The lowest BCUT2D eigenvalue weighted by Crippen LogP contribution is -2.41. The number of hydrogen-bond donors (Lipinski definition) is 1. The van der Waals surface area contributed by atoms with Crippen LogP contribution in [0.3, 0.4) is 0 Å². The molecule has 0 aliphatic carbocycles. The van der Waals surface area contributed by atoms with Gasteiger partial charge in [0.05, 0.1) is 17.4 Å². The van der Waals surface area contributed by atoms with Crippen LogP contribution in [0, 0.1) is 0 Å². The van der Waals surface area contributed by atoms with Crippen LogP contribution in [0.25, 0.3) is 10.8 Å². The van der Waals surface area contributed by atoms with E-state index in [1.165, 1.54) is 34.1 Å². The molecule has 0 spiro atoms. The van der Waals surface area contributed by atoms with Crippen LogP contribution < -0.4 is 10.2 Å². The molecule has 1 saturated heterocycles. The molecule has 2 aliphatic heterocycles. The van der Waals surface area contributed by atoms with E-state index in [0.29, 0.717) is 12.0 Å². The number of hydrogen-bond acceptors (Lipinski definition) is 2. The molecule has 0 bridgehead atoms. The zero-order valence-electron chi connectivity index (χ0n) is 13.1. The molecular weight excluding hydrogens is 280 g/mol. The average Bonchev–Trinajstić information content (AvgIpc) is 3.06. The van der Waals surface area contributed by atoms with Crippen LogP contribution in [-0.4, -0.2) is 19.1 Å². The smallest absolute Gasteiger partial charge is 0.0658 e. The zero-order chi connectivity index (χ0) is 15.2. The predicted octanol–water partition coefficient (Wildman–Crippen LogP) is 4.63. The third-order valence-corrected chi connectivity index (χ3v) is 5.48. The van der Waals surface area contributed by atoms with Crippen molar-refractivity contribution in [3.8, 4) is 0 Å². The van der Waals surface area contributed by atoms with Gasteiger partial charge in [-0.25, -0.2) is 0 Å². The van der Waals surface area contributed by atoms with Gasteiger partial charge >= 0.3 is 0 Å². The largest absolute Gasteiger partial charge is 0.381 e. The Kier molecular flexibility index (Phi) is 2.84. The number of nitrogens with one attached hydrogen (secondary N) is 1. The molecule has 2 atom stereocenters. The highest BCUT2D eigenvalue weighted by molar-refractivity contribution is 6.01. The fraction of sp³-hybridized carbons (Fsp3) is 0.238. The third kappa shape index (κ3) is 1.94. The summed E-state index contributed by atoms with van der Waals surface area (Å²) in [6.45, 7) is 2.18. The quantitative estimate of drug-likeness (QED) is 0.705. The Morgan fingerprint density at radius 2 is 1.70 bits per heavy atom. The van der Waals surface area contributed by atoms with Crippen molar-refractivity contribution >= 4 is 22.1 Å². The Hall–Kier alpha value is -2.48. The molecule has 23 heavy (non-hydrogen) atoms. The van der Waals surface area contributed by atoms with Gasteiger partial charge in [0.25, 0.3) is 0 Å². The van der Waals surface area contributed by atoms with Crippen molar-refractivity contribution < 1.29 is 0 Å². The van der Waals surface area contributed by atoms with Crippen LogP contribution in [0.15, 0.2) is 66.7 Å². The Morgan fingerprint density at radius 3 is 2.61 bits per heavy atom. The van der Waals surface area contributed by atoms with Crippen LogP contribution in [-0.2, 0) is 0 Å². The first-order valence-corrected chi connectivity index (χ1v) is 8.49. The molecule has 0 amide bonds. The number of nitrogens with zero attached hydrogens (tertiary/aromatic N) is 1. The maximum absolute atomic E-state index is 3.74. The summed E-state index contributed by atoms with van der Waals surface area (Å²) >= 11 is 0. The molecule has 0 unspecified atom stereocenters. The maximum atomic E-state index is 3.74. The molecule has 2 nitrogen and oxygen atoms in total. The lowest BCUT2D eigenvalue weighted by molar-refractivity contribution is 0.603. The molecule has 1 N–H and O–H groups in total. The Labute approximate surface area is 136 Å². The molecule has 3 aromatic carbocycles. The molecule has 2 heterocycles. The van der Waals surface area contributed by atoms with E-state index in [4.69, 9.17) is 0 Å². The van der Waals surface area contributed by atoms with Crippen molar-refractivity contribution in [3.05, 3.63) is 72.3 Å². The molecule has 0 saturated carbocycles. The molecule has 1 fully saturated rings. The van der Waals surface area contributed by atoms with Gasteiger partial charge in [-0.3, -0.25) is 0 Å².